The topological polar surface area (TPSA) is 64.6 Å². The van der Waals surface area contributed by atoms with Crippen molar-refractivity contribution >= 4 is 6.03 Å². The molecule has 1 rings (SSSR count). The van der Waals surface area contributed by atoms with Gasteiger partial charge in [-0.05, 0) is 32.9 Å². The van der Waals surface area contributed by atoms with Crippen LogP contribution in [-0.2, 0) is 6.54 Å². The summed E-state index contributed by atoms with van der Waals surface area (Å²) in [7, 11) is 2.04. The summed E-state index contributed by atoms with van der Waals surface area (Å²) in [5, 5.41) is 14.8. The summed E-state index contributed by atoms with van der Waals surface area (Å²) in [5.74, 6) is 0. The van der Waals surface area contributed by atoms with Crippen LogP contribution in [0.4, 0.5) is 4.79 Å². The van der Waals surface area contributed by atoms with Crippen LogP contribution in [0, 0.1) is 0 Å². The third-order valence-corrected chi connectivity index (χ3v) is 3.11. The summed E-state index contributed by atoms with van der Waals surface area (Å²) in [6.07, 6.45) is 0.176. The molecule has 118 valence electrons. The van der Waals surface area contributed by atoms with Crippen LogP contribution in [0.2, 0.25) is 0 Å². The van der Waals surface area contributed by atoms with E-state index in [0.29, 0.717) is 13.0 Å². The Morgan fingerprint density at radius 2 is 1.95 bits per heavy atom. The zero-order valence-corrected chi connectivity index (χ0v) is 13.2. The second kappa shape index (κ2) is 9.37. The van der Waals surface area contributed by atoms with Gasteiger partial charge in [-0.3, -0.25) is 0 Å². The SMILES string of the molecule is CC(O)CCNC(=O)NC(C)CN(C)Cc1ccccc1. The molecule has 5 heteroatoms. The number of amides is 2. The van der Waals surface area contributed by atoms with Gasteiger partial charge in [-0.15, -0.1) is 0 Å². The maximum absolute atomic E-state index is 11.7. The van der Waals surface area contributed by atoms with Gasteiger partial charge in [0.25, 0.3) is 0 Å². The van der Waals surface area contributed by atoms with Gasteiger partial charge in [0, 0.05) is 25.7 Å². The summed E-state index contributed by atoms with van der Waals surface area (Å²) in [5.41, 5.74) is 1.26. The third kappa shape index (κ3) is 8.32. The fourth-order valence-corrected chi connectivity index (χ4v) is 2.14. The summed E-state index contributed by atoms with van der Waals surface area (Å²) < 4.78 is 0. The molecule has 0 aromatic heterocycles. The number of hydrogen-bond donors (Lipinski definition) is 3. The lowest BCUT2D eigenvalue weighted by atomic mass is 10.2. The smallest absolute Gasteiger partial charge is 0.315 e. The largest absolute Gasteiger partial charge is 0.393 e. The molecule has 1 aromatic carbocycles. The van der Waals surface area contributed by atoms with E-state index in [1.54, 1.807) is 6.92 Å². The van der Waals surface area contributed by atoms with Gasteiger partial charge in [-0.25, -0.2) is 4.79 Å². The van der Waals surface area contributed by atoms with Gasteiger partial charge in [0.2, 0.25) is 0 Å². The van der Waals surface area contributed by atoms with Crippen molar-refractivity contribution in [1.29, 1.82) is 0 Å². The Labute approximate surface area is 127 Å². The number of nitrogens with one attached hydrogen (secondary N) is 2. The average Bonchev–Trinajstić information content (AvgIpc) is 2.38. The van der Waals surface area contributed by atoms with Gasteiger partial charge >= 0.3 is 6.03 Å². The van der Waals surface area contributed by atoms with Crippen molar-refractivity contribution < 1.29 is 9.90 Å². The van der Waals surface area contributed by atoms with Crippen LogP contribution >= 0.6 is 0 Å². The summed E-state index contributed by atoms with van der Waals surface area (Å²) in [4.78, 5) is 13.8. The van der Waals surface area contributed by atoms with E-state index >= 15 is 0 Å². The predicted octanol–water partition coefficient (Wildman–Crippen LogP) is 1.58. The molecule has 3 N–H and O–H groups in total. The van der Waals surface area contributed by atoms with Crippen molar-refractivity contribution in [2.75, 3.05) is 20.1 Å². The number of hydrogen-bond acceptors (Lipinski definition) is 3. The van der Waals surface area contributed by atoms with Gasteiger partial charge in [0.15, 0.2) is 0 Å². The molecule has 0 bridgehead atoms. The minimum Gasteiger partial charge on any atom is -0.393 e. The van der Waals surface area contributed by atoms with E-state index in [2.05, 4.69) is 27.7 Å². The molecule has 0 aliphatic carbocycles. The number of rotatable bonds is 8. The summed E-state index contributed by atoms with van der Waals surface area (Å²) >= 11 is 0. The van der Waals surface area contributed by atoms with Crippen LogP contribution in [0.3, 0.4) is 0 Å². The van der Waals surface area contributed by atoms with Gasteiger partial charge in [-0.1, -0.05) is 30.3 Å². The summed E-state index contributed by atoms with van der Waals surface area (Å²) in [6.45, 7) is 5.81. The highest BCUT2D eigenvalue weighted by molar-refractivity contribution is 5.74. The lowest BCUT2D eigenvalue weighted by molar-refractivity contribution is 0.183. The Kier molecular flexibility index (Phi) is 7.79. The van der Waals surface area contributed by atoms with Crippen LogP contribution in [0.25, 0.3) is 0 Å². The van der Waals surface area contributed by atoms with E-state index in [4.69, 9.17) is 5.11 Å². The molecular formula is C16H27N3O2. The first-order valence-corrected chi connectivity index (χ1v) is 7.42. The van der Waals surface area contributed by atoms with Crippen molar-refractivity contribution in [2.45, 2.75) is 39.0 Å². The van der Waals surface area contributed by atoms with Crippen molar-refractivity contribution in [1.82, 2.24) is 15.5 Å². The van der Waals surface area contributed by atoms with Gasteiger partial charge < -0.3 is 20.6 Å². The molecule has 5 nitrogen and oxygen atoms in total. The quantitative estimate of drug-likeness (QED) is 0.682. The molecule has 1 aromatic rings. The van der Waals surface area contributed by atoms with Gasteiger partial charge in [0.05, 0.1) is 6.10 Å². The highest BCUT2D eigenvalue weighted by Crippen LogP contribution is 2.02. The van der Waals surface area contributed by atoms with E-state index in [1.807, 2.05) is 32.2 Å². The Morgan fingerprint density at radius 1 is 1.29 bits per heavy atom. The van der Waals surface area contributed by atoms with Crippen molar-refractivity contribution in [3.8, 4) is 0 Å². The average molecular weight is 293 g/mol. The van der Waals surface area contributed by atoms with Gasteiger partial charge in [0.1, 0.15) is 0 Å². The minimum absolute atomic E-state index is 0.0604. The number of urea groups is 1. The normalized spacial score (nSPS) is 13.8. The van der Waals surface area contributed by atoms with Crippen molar-refractivity contribution in [2.24, 2.45) is 0 Å². The number of benzene rings is 1. The van der Waals surface area contributed by atoms with E-state index in [-0.39, 0.29) is 18.2 Å². The maximum Gasteiger partial charge on any atom is 0.315 e. The van der Waals surface area contributed by atoms with Crippen LogP contribution in [0.5, 0.6) is 0 Å². The lowest BCUT2D eigenvalue weighted by Gasteiger charge is -2.22. The standard InChI is InChI=1S/C16H27N3O2/c1-13(18-16(21)17-10-9-14(2)20)11-19(3)12-15-7-5-4-6-8-15/h4-8,13-14,20H,9-12H2,1-3H3,(H2,17,18,21). The monoisotopic (exact) mass is 293 g/mol. The van der Waals surface area contributed by atoms with Crippen LogP contribution < -0.4 is 10.6 Å². The van der Waals surface area contributed by atoms with Crippen molar-refractivity contribution in [3.05, 3.63) is 35.9 Å². The van der Waals surface area contributed by atoms with E-state index in [0.717, 1.165) is 13.1 Å². The molecule has 0 aliphatic heterocycles. The molecule has 0 aliphatic rings. The Hall–Kier alpha value is -1.59. The molecular weight excluding hydrogens is 266 g/mol. The molecule has 0 fully saturated rings. The first kappa shape index (κ1) is 17.5. The predicted molar refractivity (Wildman–Crippen MR) is 85.1 cm³/mol. The highest BCUT2D eigenvalue weighted by atomic mass is 16.3. The van der Waals surface area contributed by atoms with E-state index in [9.17, 15) is 4.79 Å². The van der Waals surface area contributed by atoms with E-state index < -0.39 is 0 Å². The second-order valence-electron chi connectivity index (χ2n) is 5.62. The molecule has 2 unspecified atom stereocenters. The number of likely N-dealkylation sites (N-methyl/N-ethyl adjacent to an activating group) is 1. The Morgan fingerprint density at radius 3 is 2.57 bits per heavy atom. The molecule has 2 atom stereocenters. The first-order chi connectivity index (χ1) is 9.97. The molecule has 0 saturated carbocycles. The fourth-order valence-electron chi connectivity index (χ4n) is 2.14. The van der Waals surface area contributed by atoms with Crippen molar-refractivity contribution in [3.63, 3.8) is 0 Å². The Balaban J connectivity index is 2.23. The molecule has 0 spiro atoms. The fraction of sp³-hybridized carbons (Fsp3) is 0.562. The minimum atomic E-state index is -0.389. The third-order valence-electron chi connectivity index (χ3n) is 3.11. The first-order valence-electron chi connectivity index (χ1n) is 7.42. The maximum atomic E-state index is 11.7. The molecule has 2 amide bonds. The van der Waals surface area contributed by atoms with Crippen LogP contribution in [-0.4, -0.2) is 48.3 Å². The zero-order chi connectivity index (χ0) is 15.7. The molecule has 0 heterocycles. The number of nitrogens with zero attached hydrogens (tertiary/aromatic N) is 1. The lowest BCUT2D eigenvalue weighted by Crippen LogP contribution is -2.45. The summed E-state index contributed by atoms with van der Waals surface area (Å²) in [6, 6.07) is 10.1. The molecule has 0 saturated heterocycles. The highest BCUT2D eigenvalue weighted by Gasteiger charge is 2.10. The van der Waals surface area contributed by atoms with Crippen LogP contribution in [0.15, 0.2) is 30.3 Å². The number of aliphatic hydroxyl groups is 1. The van der Waals surface area contributed by atoms with Gasteiger partial charge in [-0.2, -0.15) is 0 Å². The molecule has 0 radical (unpaired) electrons. The molecule has 21 heavy (non-hydrogen) atoms. The Bertz CT molecular complexity index is 409. The number of carbonyl (C=O) groups excluding carboxylic acids is 1. The second-order valence-corrected chi connectivity index (χ2v) is 5.62. The van der Waals surface area contributed by atoms with E-state index in [1.165, 1.54) is 5.56 Å². The zero-order valence-electron chi connectivity index (χ0n) is 13.2. The number of aliphatic hydroxyl groups excluding tert-OH is 1. The number of carbonyl (C=O) groups is 1. The van der Waals surface area contributed by atoms with Crippen LogP contribution in [0.1, 0.15) is 25.8 Å².